The molecule has 0 aliphatic heterocycles. The van der Waals surface area contributed by atoms with Gasteiger partial charge in [0.1, 0.15) is 11.5 Å². The van der Waals surface area contributed by atoms with Gasteiger partial charge in [0.05, 0.1) is 16.6 Å². The molecule has 1 atom stereocenters. The standard InChI is InChI=1S/C24H20BrClO5/c1-16(30-22-12-9-19(26)15-21(22)25)23(27)31-20-10-7-18(8-11-20)24(28)29-14-13-17-5-3-2-4-6-17/h2-12,15-16H,13-14H2,1H3. The minimum Gasteiger partial charge on any atom is -0.478 e. The summed E-state index contributed by atoms with van der Waals surface area (Å²) in [5.41, 5.74) is 1.47. The Morgan fingerprint density at radius 3 is 2.39 bits per heavy atom. The lowest BCUT2D eigenvalue weighted by molar-refractivity contribution is -0.141. The van der Waals surface area contributed by atoms with Gasteiger partial charge in [-0.1, -0.05) is 41.9 Å². The third-order valence-electron chi connectivity index (χ3n) is 4.30. The maximum atomic E-state index is 12.3. The highest BCUT2D eigenvalue weighted by atomic mass is 79.9. The molecule has 7 heteroatoms. The first-order valence-corrected chi connectivity index (χ1v) is 10.7. The average molecular weight is 504 g/mol. The second-order valence-electron chi connectivity index (χ2n) is 6.65. The molecule has 0 saturated heterocycles. The monoisotopic (exact) mass is 502 g/mol. The lowest BCUT2D eigenvalue weighted by Crippen LogP contribution is -2.28. The van der Waals surface area contributed by atoms with Crippen LogP contribution in [0.4, 0.5) is 0 Å². The molecule has 0 bridgehead atoms. The molecule has 0 N–H and O–H groups in total. The zero-order valence-electron chi connectivity index (χ0n) is 16.7. The van der Waals surface area contributed by atoms with Crippen LogP contribution in [0.1, 0.15) is 22.8 Å². The second-order valence-corrected chi connectivity index (χ2v) is 7.94. The van der Waals surface area contributed by atoms with Crippen molar-refractivity contribution in [3.63, 3.8) is 0 Å². The molecule has 0 radical (unpaired) electrons. The zero-order valence-corrected chi connectivity index (χ0v) is 19.1. The lowest BCUT2D eigenvalue weighted by atomic mass is 10.2. The van der Waals surface area contributed by atoms with Crippen molar-refractivity contribution in [2.75, 3.05) is 6.61 Å². The van der Waals surface area contributed by atoms with Gasteiger partial charge in [0.25, 0.3) is 0 Å². The van der Waals surface area contributed by atoms with E-state index in [-0.39, 0.29) is 6.61 Å². The van der Waals surface area contributed by atoms with Crippen molar-refractivity contribution in [3.05, 3.63) is 93.4 Å². The molecule has 0 saturated carbocycles. The van der Waals surface area contributed by atoms with Crippen LogP contribution in [-0.2, 0) is 16.0 Å². The highest BCUT2D eigenvalue weighted by Crippen LogP contribution is 2.29. The van der Waals surface area contributed by atoms with Gasteiger partial charge < -0.3 is 14.2 Å². The molecule has 0 fully saturated rings. The Morgan fingerprint density at radius 2 is 1.71 bits per heavy atom. The van der Waals surface area contributed by atoms with Crippen molar-refractivity contribution in [2.45, 2.75) is 19.4 Å². The van der Waals surface area contributed by atoms with Crippen LogP contribution in [0.25, 0.3) is 0 Å². The molecule has 0 aliphatic carbocycles. The number of esters is 2. The van der Waals surface area contributed by atoms with E-state index >= 15 is 0 Å². The van der Waals surface area contributed by atoms with Crippen molar-refractivity contribution < 1.29 is 23.8 Å². The minimum atomic E-state index is -0.847. The molecule has 160 valence electrons. The summed E-state index contributed by atoms with van der Waals surface area (Å²) >= 11 is 9.24. The fourth-order valence-electron chi connectivity index (χ4n) is 2.66. The van der Waals surface area contributed by atoms with Gasteiger partial charge in [-0.3, -0.25) is 0 Å². The van der Waals surface area contributed by atoms with Gasteiger partial charge in [0, 0.05) is 11.4 Å². The topological polar surface area (TPSA) is 61.8 Å². The van der Waals surface area contributed by atoms with Crippen LogP contribution in [-0.4, -0.2) is 24.6 Å². The highest BCUT2D eigenvalue weighted by Gasteiger charge is 2.19. The van der Waals surface area contributed by atoms with Crippen LogP contribution in [0.15, 0.2) is 77.3 Å². The van der Waals surface area contributed by atoms with E-state index in [2.05, 4.69) is 15.9 Å². The van der Waals surface area contributed by atoms with E-state index in [0.29, 0.717) is 33.0 Å². The van der Waals surface area contributed by atoms with Crippen molar-refractivity contribution in [2.24, 2.45) is 0 Å². The van der Waals surface area contributed by atoms with Crippen molar-refractivity contribution in [1.29, 1.82) is 0 Å². The van der Waals surface area contributed by atoms with E-state index in [0.717, 1.165) is 5.56 Å². The van der Waals surface area contributed by atoms with Gasteiger partial charge in [-0.2, -0.15) is 0 Å². The predicted octanol–water partition coefficient (Wildman–Crippen LogP) is 5.87. The van der Waals surface area contributed by atoms with Crippen molar-refractivity contribution in [1.82, 2.24) is 0 Å². The van der Waals surface area contributed by atoms with E-state index in [4.69, 9.17) is 25.8 Å². The summed E-state index contributed by atoms with van der Waals surface area (Å²) < 4.78 is 16.9. The van der Waals surface area contributed by atoms with E-state index in [1.807, 2.05) is 30.3 Å². The van der Waals surface area contributed by atoms with E-state index in [1.165, 1.54) is 12.1 Å². The number of benzene rings is 3. The Kier molecular flexibility index (Phi) is 8.09. The molecule has 0 aliphatic rings. The summed E-state index contributed by atoms with van der Waals surface area (Å²) in [5, 5.41) is 0.549. The Morgan fingerprint density at radius 1 is 1.00 bits per heavy atom. The van der Waals surface area contributed by atoms with Gasteiger partial charge in [0.15, 0.2) is 6.10 Å². The summed E-state index contributed by atoms with van der Waals surface area (Å²) in [7, 11) is 0. The minimum absolute atomic E-state index is 0.286. The third-order valence-corrected chi connectivity index (χ3v) is 5.16. The number of rotatable bonds is 8. The first-order chi connectivity index (χ1) is 14.9. The van der Waals surface area contributed by atoms with Crippen LogP contribution >= 0.6 is 27.5 Å². The number of carbonyl (C=O) groups is 2. The predicted molar refractivity (Wildman–Crippen MR) is 122 cm³/mol. The molecule has 5 nitrogen and oxygen atoms in total. The molecule has 3 aromatic rings. The molecular formula is C24H20BrClO5. The van der Waals surface area contributed by atoms with Crippen LogP contribution in [0, 0.1) is 0 Å². The zero-order chi connectivity index (χ0) is 22.2. The fraction of sp³-hybridized carbons (Fsp3) is 0.167. The molecular weight excluding hydrogens is 484 g/mol. The number of ether oxygens (including phenoxy) is 3. The number of hydrogen-bond acceptors (Lipinski definition) is 5. The molecule has 0 aromatic heterocycles. The quantitative estimate of drug-likeness (QED) is 0.284. The Bertz CT molecular complexity index is 1040. The molecule has 0 amide bonds. The molecule has 0 spiro atoms. The Hall–Kier alpha value is -2.83. The fourth-order valence-corrected chi connectivity index (χ4v) is 3.43. The van der Waals surface area contributed by atoms with Gasteiger partial charge >= 0.3 is 11.9 Å². The lowest BCUT2D eigenvalue weighted by Gasteiger charge is -2.15. The van der Waals surface area contributed by atoms with Crippen LogP contribution < -0.4 is 9.47 Å². The van der Waals surface area contributed by atoms with Crippen LogP contribution in [0.2, 0.25) is 5.02 Å². The van der Waals surface area contributed by atoms with Gasteiger partial charge in [-0.15, -0.1) is 0 Å². The first-order valence-electron chi connectivity index (χ1n) is 9.57. The molecule has 3 rings (SSSR count). The largest absolute Gasteiger partial charge is 0.478 e. The van der Waals surface area contributed by atoms with E-state index in [1.54, 1.807) is 37.3 Å². The smallest absolute Gasteiger partial charge is 0.352 e. The number of hydrogen-bond donors (Lipinski definition) is 0. The van der Waals surface area contributed by atoms with Gasteiger partial charge in [-0.05, 0) is 70.9 Å². The van der Waals surface area contributed by atoms with Crippen LogP contribution in [0.3, 0.4) is 0 Å². The molecule has 3 aromatic carbocycles. The summed E-state index contributed by atoms with van der Waals surface area (Å²) in [4.78, 5) is 24.5. The highest BCUT2D eigenvalue weighted by molar-refractivity contribution is 9.10. The maximum absolute atomic E-state index is 12.3. The van der Waals surface area contributed by atoms with Crippen molar-refractivity contribution in [3.8, 4) is 11.5 Å². The van der Waals surface area contributed by atoms with E-state index < -0.39 is 18.0 Å². The third kappa shape index (κ3) is 6.84. The van der Waals surface area contributed by atoms with E-state index in [9.17, 15) is 9.59 Å². The number of carbonyl (C=O) groups excluding carboxylic acids is 2. The maximum Gasteiger partial charge on any atom is 0.352 e. The van der Waals surface area contributed by atoms with Gasteiger partial charge in [-0.25, -0.2) is 9.59 Å². The molecule has 31 heavy (non-hydrogen) atoms. The Labute approximate surface area is 194 Å². The molecule has 1 unspecified atom stereocenters. The SMILES string of the molecule is CC(Oc1ccc(Cl)cc1Br)C(=O)Oc1ccc(C(=O)OCCc2ccccc2)cc1. The summed E-state index contributed by atoms with van der Waals surface area (Å²) in [5.74, 6) is -0.225. The first kappa shape index (κ1) is 22.8. The summed E-state index contributed by atoms with van der Waals surface area (Å²) in [6, 6.07) is 21.0. The summed E-state index contributed by atoms with van der Waals surface area (Å²) in [6.45, 7) is 1.87. The van der Waals surface area contributed by atoms with Crippen molar-refractivity contribution >= 4 is 39.5 Å². The number of halogens is 2. The average Bonchev–Trinajstić information content (AvgIpc) is 2.76. The Balaban J connectivity index is 1.49. The van der Waals surface area contributed by atoms with Crippen LogP contribution in [0.5, 0.6) is 11.5 Å². The van der Waals surface area contributed by atoms with Gasteiger partial charge in [0.2, 0.25) is 0 Å². The summed E-state index contributed by atoms with van der Waals surface area (Å²) in [6.07, 6.45) is -0.204. The normalized spacial score (nSPS) is 11.5. The molecule has 0 heterocycles. The second kappa shape index (κ2) is 11.0.